The first-order chi connectivity index (χ1) is 8.38. The maximum absolute atomic E-state index is 6.16. The zero-order chi connectivity index (χ0) is 13.8. The van der Waals surface area contributed by atoms with E-state index in [4.69, 9.17) is 10.5 Å². The number of ether oxygens (including phenoxy) is 1. The molecule has 0 saturated carbocycles. The van der Waals surface area contributed by atoms with Gasteiger partial charge in [-0.05, 0) is 48.9 Å². The summed E-state index contributed by atoms with van der Waals surface area (Å²) < 4.78 is 6.16. The van der Waals surface area contributed by atoms with Crippen molar-refractivity contribution in [3.63, 3.8) is 0 Å². The van der Waals surface area contributed by atoms with Crippen molar-refractivity contribution in [2.24, 2.45) is 5.73 Å². The van der Waals surface area contributed by atoms with E-state index < -0.39 is 0 Å². The Labute approximate surface area is 112 Å². The lowest BCUT2D eigenvalue weighted by molar-refractivity contribution is 0.185. The van der Waals surface area contributed by atoms with Gasteiger partial charge in [-0.2, -0.15) is 0 Å². The summed E-state index contributed by atoms with van der Waals surface area (Å²) in [5.74, 6) is 1.02. The van der Waals surface area contributed by atoms with Crippen molar-refractivity contribution in [2.75, 3.05) is 6.54 Å². The monoisotopic (exact) mass is 249 g/mol. The number of nitrogens with two attached hydrogens (primary N) is 1. The molecule has 1 rings (SSSR count). The maximum Gasteiger partial charge on any atom is 0.123 e. The second-order valence-corrected chi connectivity index (χ2v) is 5.98. The molecule has 2 nitrogen and oxygen atoms in total. The Balaban J connectivity index is 3.02. The van der Waals surface area contributed by atoms with Crippen molar-refractivity contribution >= 4 is 0 Å². The summed E-state index contributed by atoms with van der Waals surface area (Å²) in [6.45, 7) is 11.6. The Morgan fingerprint density at radius 3 is 2.44 bits per heavy atom. The van der Waals surface area contributed by atoms with Gasteiger partial charge in [0.2, 0.25) is 0 Å². The minimum atomic E-state index is 0.101. The number of aryl methyl sites for hydroxylation is 1. The van der Waals surface area contributed by atoms with Gasteiger partial charge in [0, 0.05) is 0 Å². The molecule has 0 amide bonds. The maximum atomic E-state index is 6.16. The Morgan fingerprint density at radius 2 is 1.94 bits per heavy atom. The van der Waals surface area contributed by atoms with Gasteiger partial charge in [-0.15, -0.1) is 0 Å². The first kappa shape index (κ1) is 15.0. The van der Waals surface area contributed by atoms with E-state index in [1.165, 1.54) is 11.1 Å². The highest BCUT2D eigenvalue weighted by Crippen LogP contribution is 2.33. The van der Waals surface area contributed by atoms with E-state index in [-0.39, 0.29) is 11.5 Å². The molecule has 0 aromatic heterocycles. The third-order valence-corrected chi connectivity index (χ3v) is 3.18. The topological polar surface area (TPSA) is 35.2 Å². The number of benzene rings is 1. The van der Waals surface area contributed by atoms with Crippen LogP contribution in [0, 0.1) is 6.92 Å². The van der Waals surface area contributed by atoms with Gasteiger partial charge in [-0.1, -0.05) is 39.8 Å². The van der Waals surface area contributed by atoms with Gasteiger partial charge < -0.3 is 10.5 Å². The van der Waals surface area contributed by atoms with Gasteiger partial charge in [0.15, 0.2) is 0 Å². The standard InChI is InChI=1S/C16H27NO/c1-6-13(9-10-17)18-15-11-12(2)7-8-14(15)16(3,4)5/h7-8,11,13H,6,9-10,17H2,1-5H3. The fraction of sp³-hybridized carbons (Fsp3) is 0.625. The zero-order valence-electron chi connectivity index (χ0n) is 12.4. The predicted octanol–water partition coefficient (Wildman–Crippen LogP) is 3.80. The second kappa shape index (κ2) is 6.24. The van der Waals surface area contributed by atoms with E-state index in [9.17, 15) is 0 Å². The molecule has 2 N–H and O–H groups in total. The quantitative estimate of drug-likeness (QED) is 0.861. The predicted molar refractivity (Wildman–Crippen MR) is 78.3 cm³/mol. The SMILES string of the molecule is CCC(CCN)Oc1cc(C)ccc1C(C)(C)C. The molecule has 0 bridgehead atoms. The highest BCUT2D eigenvalue weighted by Gasteiger charge is 2.20. The van der Waals surface area contributed by atoms with Crippen LogP contribution in [-0.2, 0) is 5.41 Å². The van der Waals surface area contributed by atoms with Crippen LogP contribution in [0.5, 0.6) is 5.75 Å². The van der Waals surface area contributed by atoms with Crippen LogP contribution < -0.4 is 10.5 Å². The summed E-state index contributed by atoms with van der Waals surface area (Å²) in [4.78, 5) is 0. The fourth-order valence-corrected chi connectivity index (χ4v) is 2.06. The molecule has 0 spiro atoms. The molecule has 1 aromatic carbocycles. The van der Waals surface area contributed by atoms with E-state index in [0.29, 0.717) is 6.54 Å². The highest BCUT2D eigenvalue weighted by atomic mass is 16.5. The molecule has 2 heteroatoms. The number of hydrogen-bond donors (Lipinski definition) is 1. The van der Waals surface area contributed by atoms with Crippen molar-refractivity contribution in [3.8, 4) is 5.75 Å². The third kappa shape index (κ3) is 4.02. The molecular formula is C16H27NO. The molecule has 18 heavy (non-hydrogen) atoms. The summed E-state index contributed by atoms with van der Waals surface area (Å²) in [6, 6.07) is 6.47. The molecule has 0 aliphatic rings. The van der Waals surface area contributed by atoms with Crippen LogP contribution in [0.3, 0.4) is 0 Å². The minimum absolute atomic E-state index is 0.101. The largest absolute Gasteiger partial charge is 0.490 e. The lowest BCUT2D eigenvalue weighted by atomic mass is 9.86. The smallest absolute Gasteiger partial charge is 0.123 e. The van der Waals surface area contributed by atoms with Gasteiger partial charge in [0.1, 0.15) is 5.75 Å². The van der Waals surface area contributed by atoms with Crippen LogP contribution in [0.2, 0.25) is 0 Å². The van der Waals surface area contributed by atoms with Crippen LogP contribution in [0.15, 0.2) is 18.2 Å². The molecule has 1 atom stereocenters. The van der Waals surface area contributed by atoms with E-state index in [2.05, 4.69) is 52.8 Å². The van der Waals surface area contributed by atoms with Gasteiger partial charge >= 0.3 is 0 Å². The van der Waals surface area contributed by atoms with Crippen LogP contribution in [0.25, 0.3) is 0 Å². The Kier molecular flexibility index (Phi) is 5.21. The van der Waals surface area contributed by atoms with E-state index in [0.717, 1.165) is 18.6 Å². The molecule has 1 aromatic rings. The first-order valence-electron chi connectivity index (χ1n) is 6.86. The van der Waals surface area contributed by atoms with Gasteiger partial charge in [0.05, 0.1) is 6.10 Å². The molecule has 0 aliphatic heterocycles. The van der Waals surface area contributed by atoms with Crippen molar-refractivity contribution in [2.45, 2.75) is 59.0 Å². The van der Waals surface area contributed by atoms with Crippen LogP contribution in [-0.4, -0.2) is 12.6 Å². The van der Waals surface area contributed by atoms with Crippen molar-refractivity contribution in [1.82, 2.24) is 0 Å². The lowest BCUT2D eigenvalue weighted by Gasteiger charge is -2.26. The molecule has 0 radical (unpaired) electrons. The van der Waals surface area contributed by atoms with Gasteiger partial charge in [-0.3, -0.25) is 0 Å². The van der Waals surface area contributed by atoms with Crippen molar-refractivity contribution in [1.29, 1.82) is 0 Å². The molecule has 1 unspecified atom stereocenters. The van der Waals surface area contributed by atoms with Crippen molar-refractivity contribution in [3.05, 3.63) is 29.3 Å². The zero-order valence-corrected chi connectivity index (χ0v) is 12.4. The van der Waals surface area contributed by atoms with Crippen molar-refractivity contribution < 1.29 is 4.74 Å². The third-order valence-electron chi connectivity index (χ3n) is 3.18. The molecule has 0 fully saturated rings. The second-order valence-electron chi connectivity index (χ2n) is 5.98. The Bertz CT molecular complexity index is 379. The Hall–Kier alpha value is -1.02. The lowest BCUT2D eigenvalue weighted by Crippen LogP contribution is -2.22. The van der Waals surface area contributed by atoms with Crippen LogP contribution in [0.1, 0.15) is 51.7 Å². The molecule has 0 heterocycles. The van der Waals surface area contributed by atoms with E-state index in [1.54, 1.807) is 0 Å². The van der Waals surface area contributed by atoms with Crippen LogP contribution >= 0.6 is 0 Å². The first-order valence-corrected chi connectivity index (χ1v) is 6.86. The summed E-state index contributed by atoms with van der Waals surface area (Å²) in [7, 11) is 0. The fourth-order valence-electron chi connectivity index (χ4n) is 2.06. The molecule has 0 aliphatic carbocycles. The van der Waals surface area contributed by atoms with E-state index >= 15 is 0 Å². The highest BCUT2D eigenvalue weighted by molar-refractivity contribution is 5.41. The molecule has 102 valence electrons. The average molecular weight is 249 g/mol. The summed E-state index contributed by atoms with van der Waals surface area (Å²) in [5.41, 5.74) is 8.24. The van der Waals surface area contributed by atoms with E-state index in [1.807, 2.05) is 0 Å². The van der Waals surface area contributed by atoms with Gasteiger partial charge in [-0.25, -0.2) is 0 Å². The van der Waals surface area contributed by atoms with Gasteiger partial charge in [0.25, 0.3) is 0 Å². The average Bonchev–Trinajstić information content (AvgIpc) is 2.26. The molecular weight excluding hydrogens is 222 g/mol. The normalized spacial score (nSPS) is 13.4. The summed E-state index contributed by atoms with van der Waals surface area (Å²) in [5, 5.41) is 0. The molecule has 0 saturated heterocycles. The number of rotatable bonds is 5. The minimum Gasteiger partial charge on any atom is -0.490 e. The summed E-state index contributed by atoms with van der Waals surface area (Å²) in [6.07, 6.45) is 2.13. The Morgan fingerprint density at radius 1 is 1.28 bits per heavy atom. The number of hydrogen-bond acceptors (Lipinski definition) is 2. The van der Waals surface area contributed by atoms with Crippen LogP contribution in [0.4, 0.5) is 0 Å². The summed E-state index contributed by atoms with van der Waals surface area (Å²) >= 11 is 0.